The molecule has 0 saturated carbocycles. The maximum atomic E-state index is 13.9. The second-order valence-electron chi connectivity index (χ2n) is 5.78. The first-order chi connectivity index (χ1) is 12.7. The fourth-order valence-corrected chi connectivity index (χ4v) is 2.57. The molecule has 2 aromatic carbocycles. The Morgan fingerprint density at radius 1 is 1.15 bits per heavy atom. The standard InChI is InChI=1S/C20H20FN3O2/c1-15-17(14-23-24(15)19-11-6-5-10-18(19)21)20(25)22-12-7-13-26-16-8-3-2-4-9-16/h2-6,8-11,14H,7,12-13H2,1H3,(H,22,25). The minimum atomic E-state index is -0.385. The highest BCUT2D eigenvalue weighted by Crippen LogP contribution is 2.17. The van der Waals surface area contributed by atoms with Gasteiger partial charge in [0.2, 0.25) is 0 Å². The van der Waals surface area contributed by atoms with E-state index in [0.717, 1.165) is 5.75 Å². The Kier molecular flexibility index (Phi) is 5.63. The van der Waals surface area contributed by atoms with E-state index in [4.69, 9.17) is 4.74 Å². The molecule has 3 rings (SSSR count). The van der Waals surface area contributed by atoms with Crippen LogP contribution in [0.4, 0.5) is 4.39 Å². The molecule has 0 saturated heterocycles. The van der Waals surface area contributed by atoms with Crippen LogP contribution < -0.4 is 10.1 Å². The number of benzene rings is 2. The van der Waals surface area contributed by atoms with Gasteiger partial charge in [0.15, 0.2) is 0 Å². The zero-order valence-corrected chi connectivity index (χ0v) is 14.5. The minimum Gasteiger partial charge on any atom is -0.494 e. The van der Waals surface area contributed by atoms with Crippen molar-refractivity contribution in [3.8, 4) is 11.4 Å². The molecule has 1 N–H and O–H groups in total. The average molecular weight is 353 g/mol. The normalized spacial score (nSPS) is 10.5. The van der Waals surface area contributed by atoms with Crippen LogP contribution in [0.2, 0.25) is 0 Å². The number of halogens is 1. The summed E-state index contributed by atoms with van der Waals surface area (Å²) >= 11 is 0. The van der Waals surface area contributed by atoms with Gasteiger partial charge in [-0.3, -0.25) is 4.79 Å². The van der Waals surface area contributed by atoms with Crippen molar-refractivity contribution < 1.29 is 13.9 Å². The van der Waals surface area contributed by atoms with Gasteiger partial charge in [-0.15, -0.1) is 0 Å². The molecule has 0 unspecified atom stereocenters. The first kappa shape index (κ1) is 17.7. The van der Waals surface area contributed by atoms with Gasteiger partial charge in [0, 0.05) is 6.54 Å². The van der Waals surface area contributed by atoms with Gasteiger partial charge < -0.3 is 10.1 Å². The van der Waals surface area contributed by atoms with E-state index < -0.39 is 0 Å². The van der Waals surface area contributed by atoms with Crippen LogP contribution in [0.25, 0.3) is 5.69 Å². The van der Waals surface area contributed by atoms with Gasteiger partial charge in [0.05, 0.1) is 24.1 Å². The fraction of sp³-hybridized carbons (Fsp3) is 0.200. The van der Waals surface area contributed by atoms with Gasteiger partial charge in [-0.2, -0.15) is 5.10 Å². The monoisotopic (exact) mass is 353 g/mol. The number of para-hydroxylation sites is 2. The van der Waals surface area contributed by atoms with E-state index in [1.165, 1.54) is 16.9 Å². The van der Waals surface area contributed by atoms with Crippen molar-refractivity contribution in [1.29, 1.82) is 0 Å². The number of aromatic nitrogens is 2. The molecule has 3 aromatic rings. The van der Waals surface area contributed by atoms with E-state index in [0.29, 0.717) is 36.5 Å². The number of hydrogen-bond acceptors (Lipinski definition) is 3. The lowest BCUT2D eigenvalue weighted by Crippen LogP contribution is -2.26. The SMILES string of the molecule is Cc1c(C(=O)NCCCOc2ccccc2)cnn1-c1ccccc1F. The van der Waals surface area contributed by atoms with Crippen LogP contribution in [0.5, 0.6) is 5.75 Å². The van der Waals surface area contributed by atoms with Crippen LogP contribution in [-0.2, 0) is 0 Å². The number of carbonyl (C=O) groups is 1. The predicted molar refractivity (Wildman–Crippen MR) is 97.1 cm³/mol. The van der Waals surface area contributed by atoms with Crippen LogP contribution in [0.3, 0.4) is 0 Å². The van der Waals surface area contributed by atoms with E-state index in [1.807, 2.05) is 30.3 Å². The minimum absolute atomic E-state index is 0.232. The highest BCUT2D eigenvalue weighted by atomic mass is 19.1. The first-order valence-corrected chi connectivity index (χ1v) is 8.42. The van der Waals surface area contributed by atoms with Crippen molar-refractivity contribution >= 4 is 5.91 Å². The second kappa shape index (κ2) is 8.29. The molecule has 0 radical (unpaired) electrons. The van der Waals surface area contributed by atoms with Gasteiger partial charge in [0.25, 0.3) is 5.91 Å². The molecule has 0 aliphatic heterocycles. The molecule has 134 valence electrons. The lowest BCUT2D eigenvalue weighted by molar-refractivity contribution is 0.0951. The smallest absolute Gasteiger partial charge is 0.254 e. The molecule has 1 aromatic heterocycles. The molecule has 6 heteroatoms. The van der Waals surface area contributed by atoms with Crippen molar-refractivity contribution in [2.75, 3.05) is 13.2 Å². The van der Waals surface area contributed by atoms with Crippen molar-refractivity contribution in [3.05, 3.63) is 77.9 Å². The average Bonchev–Trinajstić information content (AvgIpc) is 3.04. The summed E-state index contributed by atoms with van der Waals surface area (Å²) in [5.74, 6) is 0.189. The molecule has 5 nitrogen and oxygen atoms in total. The molecule has 0 spiro atoms. The summed E-state index contributed by atoms with van der Waals surface area (Å²) < 4.78 is 20.9. The van der Waals surface area contributed by atoms with Crippen molar-refractivity contribution in [3.63, 3.8) is 0 Å². The highest BCUT2D eigenvalue weighted by Gasteiger charge is 2.16. The van der Waals surface area contributed by atoms with Crippen molar-refractivity contribution in [2.24, 2.45) is 0 Å². The van der Waals surface area contributed by atoms with Crippen molar-refractivity contribution in [2.45, 2.75) is 13.3 Å². The number of nitrogens with one attached hydrogen (secondary N) is 1. The number of rotatable bonds is 7. The van der Waals surface area contributed by atoms with Gasteiger partial charge >= 0.3 is 0 Å². The zero-order chi connectivity index (χ0) is 18.4. The Hall–Kier alpha value is -3.15. The summed E-state index contributed by atoms with van der Waals surface area (Å²) in [4.78, 5) is 12.3. The van der Waals surface area contributed by atoms with Crippen LogP contribution in [-0.4, -0.2) is 28.8 Å². The summed E-state index contributed by atoms with van der Waals surface area (Å²) in [7, 11) is 0. The maximum Gasteiger partial charge on any atom is 0.254 e. The lowest BCUT2D eigenvalue weighted by atomic mass is 10.2. The van der Waals surface area contributed by atoms with Crippen LogP contribution >= 0.6 is 0 Å². The Labute approximate surface area is 151 Å². The molecule has 0 bridgehead atoms. The molecule has 0 aliphatic carbocycles. The summed E-state index contributed by atoms with van der Waals surface area (Å²) in [5.41, 5.74) is 1.34. The third-order valence-electron chi connectivity index (χ3n) is 3.95. The van der Waals surface area contributed by atoms with Gasteiger partial charge in [-0.25, -0.2) is 9.07 Å². The lowest BCUT2D eigenvalue weighted by Gasteiger charge is -2.08. The molecule has 0 fully saturated rings. The first-order valence-electron chi connectivity index (χ1n) is 8.42. The van der Waals surface area contributed by atoms with E-state index in [1.54, 1.807) is 25.1 Å². The summed E-state index contributed by atoms with van der Waals surface area (Å²) in [5, 5.41) is 6.98. The fourth-order valence-electron chi connectivity index (χ4n) is 2.57. The summed E-state index contributed by atoms with van der Waals surface area (Å²) in [6, 6.07) is 15.9. The number of hydrogen-bond donors (Lipinski definition) is 1. The Morgan fingerprint density at radius 2 is 1.88 bits per heavy atom. The number of carbonyl (C=O) groups excluding carboxylic acids is 1. The molecule has 26 heavy (non-hydrogen) atoms. The topological polar surface area (TPSA) is 56.1 Å². The van der Waals surface area contributed by atoms with E-state index >= 15 is 0 Å². The number of amides is 1. The van der Waals surface area contributed by atoms with Crippen LogP contribution in [0, 0.1) is 12.7 Å². The Balaban J connectivity index is 1.53. The summed E-state index contributed by atoms with van der Waals surface area (Å²) in [6.45, 7) is 2.74. The predicted octanol–water partition coefficient (Wildman–Crippen LogP) is 3.52. The van der Waals surface area contributed by atoms with Gasteiger partial charge in [0.1, 0.15) is 17.3 Å². The Bertz CT molecular complexity index is 878. The van der Waals surface area contributed by atoms with Gasteiger partial charge in [-0.1, -0.05) is 30.3 Å². The van der Waals surface area contributed by atoms with Crippen LogP contribution in [0.1, 0.15) is 22.5 Å². The van der Waals surface area contributed by atoms with E-state index in [9.17, 15) is 9.18 Å². The zero-order valence-electron chi connectivity index (χ0n) is 14.5. The number of ether oxygens (including phenoxy) is 1. The maximum absolute atomic E-state index is 13.9. The van der Waals surface area contributed by atoms with E-state index in [-0.39, 0.29) is 11.7 Å². The molecule has 1 amide bonds. The molecule has 1 heterocycles. The molecular weight excluding hydrogens is 333 g/mol. The third-order valence-corrected chi connectivity index (χ3v) is 3.95. The third kappa shape index (κ3) is 4.08. The summed E-state index contributed by atoms with van der Waals surface area (Å²) in [6.07, 6.45) is 2.14. The largest absolute Gasteiger partial charge is 0.494 e. The molecular formula is C20H20FN3O2. The quantitative estimate of drug-likeness (QED) is 0.661. The number of nitrogens with zero attached hydrogens (tertiary/aromatic N) is 2. The van der Waals surface area contributed by atoms with Crippen molar-refractivity contribution in [1.82, 2.24) is 15.1 Å². The molecule has 0 aliphatic rings. The Morgan fingerprint density at radius 3 is 2.65 bits per heavy atom. The van der Waals surface area contributed by atoms with E-state index in [2.05, 4.69) is 10.4 Å². The van der Waals surface area contributed by atoms with Crippen LogP contribution in [0.15, 0.2) is 60.8 Å². The highest BCUT2D eigenvalue weighted by molar-refractivity contribution is 5.95. The molecule has 0 atom stereocenters. The second-order valence-corrected chi connectivity index (χ2v) is 5.78. The van der Waals surface area contributed by atoms with Gasteiger partial charge in [-0.05, 0) is 37.6 Å².